The minimum absolute atomic E-state index is 0.275. The SMILES string of the molecule is O=C(CS(=O)(=O)CC(=O)N1CCN(c2ncccn2)CC1)Nc1ccc(F)cc1. The van der Waals surface area contributed by atoms with Gasteiger partial charge in [-0.15, -0.1) is 0 Å². The summed E-state index contributed by atoms with van der Waals surface area (Å²) >= 11 is 0. The van der Waals surface area contributed by atoms with Crippen LogP contribution in [0.2, 0.25) is 0 Å². The number of nitrogens with zero attached hydrogens (tertiary/aromatic N) is 4. The second kappa shape index (κ2) is 8.95. The van der Waals surface area contributed by atoms with E-state index in [1.54, 1.807) is 18.5 Å². The molecule has 0 aliphatic carbocycles. The Morgan fingerprint density at radius 1 is 1.00 bits per heavy atom. The van der Waals surface area contributed by atoms with E-state index in [0.717, 1.165) is 12.1 Å². The third-order valence-corrected chi connectivity index (χ3v) is 5.68. The van der Waals surface area contributed by atoms with Crippen LogP contribution in [0, 0.1) is 5.82 Å². The van der Waals surface area contributed by atoms with Crippen LogP contribution >= 0.6 is 0 Å². The van der Waals surface area contributed by atoms with Gasteiger partial charge < -0.3 is 15.1 Å². The highest BCUT2D eigenvalue weighted by molar-refractivity contribution is 7.92. The van der Waals surface area contributed by atoms with Crippen LogP contribution in [0.4, 0.5) is 16.0 Å². The summed E-state index contributed by atoms with van der Waals surface area (Å²) in [6.07, 6.45) is 3.26. The molecule has 3 rings (SSSR count). The van der Waals surface area contributed by atoms with Crippen molar-refractivity contribution in [1.29, 1.82) is 0 Å². The molecule has 1 saturated heterocycles. The number of halogens is 1. The van der Waals surface area contributed by atoms with Crippen LogP contribution in [-0.2, 0) is 19.4 Å². The molecule has 2 amide bonds. The van der Waals surface area contributed by atoms with E-state index >= 15 is 0 Å². The summed E-state index contributed by atoms with van der Waals surface area (Å²) in [5, 5.41) is 2.37. The molecule has 154 valence electrons. The molecule has 1 aliphatic rings. The summed E-state index contributed by atoms with van der Waals surface area (Å²) in [7, 11) is -3.94. The lowest BCUT2D eigenvalue weighted by atomic mass is 10.3. The molecule has 0 spiro atoms. The number of benzene rings is 1. The van der Waals surface area contributed by atoms with Crippen LogP contribution in [0.15, 0.2) is 42.7 Å². The Bertz CT molecular complexity index is 962. The Hall–Kier alpha value is -3.08. The maximum Gasteiger partial charge on any atom is 0.239 e. The van der Waals surface area contributed by atoms with E-state index < -0.39 is 39.0 Å². The molecule has 0 unspecified atom stereocenters. The molecule has 0 atom stereocenters. The Kier molecular flexibility index (Phi) is 6.37. The number of rotatable bonds is 6. The molecular weight excluding hydrogens is 401 g/mol. The first-order valence-electron chi connectivity index (χ1n) is 8.88. The van der Waals surface area contributed by atoms with Gasteiger partial charge >= 0.3 is 0 Å². The maximum atomic E-state index is 12.9. The van der Waals surface area contributed by atoms with Crippen molar-refractivity contribution in [3.63, 3.8) is 0 Å². The van der Waals surface area contributed by atoms with E-state index in [0.29, 0.717) is 32.1 Å². The topological polar surface area (TPSA) is 113 Å². The van der Waals surface area contributed by atoms with Crippen molar-refractivity contribution in [2.24, 2.45) is 0 Å². The fourth-order valence-electron chi connectivity index (χ4n) is 2.87. The van der Waals surface area contributed by atoms with Gasteiger partial charge in [0.25, 0.3) is 0 Å². The average Bonchev–Trinajstić information content (AvgIpc) is 2.69. The third-order valence-electron chi connectivity index (χ3n) is 4.29. The normalized spacial score (nSPS) is 14.5. The minimum atomic E-state index is -3.94. The molecule has 11 heteroatoms. The average molecular weight is 421 g/mol. The van der Waals surface area contributed by atoms with Crippen LogP contribution in [-0.4, -0.2) is 72.8 Å². The van der Waals surface area contributed by atoms with E-state index in [4.69, 9.17) is 0 Å². The summed E-state index contributed by atoms with van der Waals surface area (Å²) < 4.78 is 37.3. The summed E-state index contributed by atoms with van der Waals surface area (Å²) in [5.74, 6) is -2.81. The zero-order valence-electron chi connectivity index (χ0n) is 15.5. The number of nitrogens with one attached hydrogen (secondary N) is 1. The highest BCUT2D eigenvalue weighted by Gasteiger charge is 2.27. The first-order valence-corrected chi connectivity index (χ1v) is 10.7. The number of hydrogen-bond donors (Lipinski definition) is 1. The Balaban J connectivity index is 1.49. The Labute approximate surface area is 167 Å². The molecule has 1 N–H and O–H groups in total. The monoisotopic (exact) mass is 421 g/mol. The second-order valence-corrected chi connectivity index (χ2v) is 8.57. The molecule has 1 aliphatic heterocycles. The van der Waals surface area contributed by atoms with Crippen LogP contribution < -0.4 is 10.2 Å². The lowest BCUT2D eigenvalue weighted by molar-refractivity contribution is -0.128. The third kappa shape index (κ3) is 5.95. The smallest absolute Gasteiger partial charge is 0.239 e. The number of sulfone groups is 1. The maximum absolute atomic E-state index is 12.9. The molecular formula is C18H20FN5O4S. The lowest BCUT2D eigenvalue weighted by Gasteiger charge is -2.34. The van der Waals surface area contributed by atoms with Gasteiger partial charge in [0.2, 0.25) is 17.8 Å². The van der Waals surface area contributed by atoms with Gasteiger partial charge in [-0.25, -0.2) is 22.8 Å². The summed E-state index contributed by atoms with van der Waals surface area (Å²) in [6.45, 7) is 1.66. The molecule has 1 aromatic carbocycles. The first-order chi connectivity index (χ1) is 13.8. The van der Waals surface area contributed by atoms with Crippen LogP contribution in [0.5, 0.6) is 0 Å². The van der Waals surface area contributed by atoms with Gasteiger partial charge in [0.05, 0.1) is 0 Å². The van der Waals surface area contributed by atoms with Crippen LogP contribution in [0.25, 0.3) is 0 Å². The minimum Gasteiger partial charge on any atom is -0.338 e. The van der Waals surface area contributed by atoms with Crippen LogP contribution in [0.3, 0.4) is 0 Å². The Morgan fingerprint density at radius 3 is 2.24 bits per heavy atom. The van der Waals surface area contributed by atoms with Crippen molar-refractivity contribution in [3.8, 4) is 0 Å². The largest absolute Gasteiger partial charge is 0.338 e. The molecule has 2 aromatic rings. The predicted octanol–water partition coefficient (Wildman–Crippen LogP) is 0.318. The standard InChI is InChI=1S/C18H20FN5O4S/c19-14-2-4-15(5-3-14)22-16(25)12-29(27,28)13-17(26)23-8-10-24(11-9-23)18-20-6-1-7-21-18/h1-7H,8-13H2,(H,22,25). The van der Waals surface area contributed by atoms with Gasteiger partial charge in [0, 0.05) is 44.3 Å². The van der Waals surface area contributed by atoms with Gasteiger partial charge in [-0.05, 0) is 30.3 Å². The molecule has 9 nitrogen and oxygen atoms in total. The van der Waals surface area contributed by atoms with Crippen molar-refractivity contribution >= 4 is 33.3 Å². The van der Waals surface area contributed by atoms with Gasteiger partial charge in [0.15, 0.2) is 9.84 Å². The van der Waals surface area contributed by atoms with E-state index in [1.807, 2.05) is 4.90 Å². The highest BCUT2D eigenvalue weighted by atomic mass is 32.2. The highest BCUT2D eigenvalue weighted by Crippen LogP contribution is 2.11. The van der Waals surface area contributed by atoms with E-state index in [1.165, 1.54) is 17.0 Å². The summed E-state index contributed by atoms with van der Waals surface area (Å²) in [5.41, 5.74) is 0.275. The summed E-state index contributed by atoms with van der Waals surface area (Å²) in [4.78, 5) is 36.0. The molecule has 0 saturated carbocycles. The van der Waals surface area contributed by atoms with Gasteiger partial charge in [-0.2, -0.15) is 0 Å². The van der Waals surface area contributed by atoms with Crippen LogP contribution in [0.1, 0.15) is 0 Å². The van der Waals surface area contributed by atoms with Gasteiger partial charge in [0.1, 0.15) is 17.3 Å². The second-order valence-electron chi connectivity index (χ2n) is 6.50. The predicted molar refractivity (Wildman–Crippen MR) is 105 cm³/mol. The fourth-order valence-corrected chi connectivity index (χ4v) is 4.00. The quantitative estimate of drug-likeness (QED) is 0.715. The fraction of sp³-hybridized carbons (Fsp3) is 0.333. The van der Waals surface area contributed by atoms with Crippen molar-refractivity contribution in [2.75, 3.05) is 47.9 Å². The zero-order valence-corrected chi connectivity index (χ0v) is 16.3. The van der Waals surface area contributed by atoms with Crippen molar-refractivity contribution in [3.05, 3.63) is 48.5 Å². The number of hydrogen-bond acceptors (Lipinski definition) is 7. The van der Waals surface area contributed by atoms with E-state index in [-0.39, 0.29) is 5.69 Å². The molecule has 1 aromatic heterocycles. The number of piperazine rings is 1. The molecule has 1 fully saturated rings. The van der Waals surface area contributed by atoms with Gasteiger partial charge in [-0.3, -0.25) is 9.59 Å². The van der Waals surface area contributed by atoms with Crippen molar-refractivity contribution in [1.82, 2.24) is 14.9 Å². The number of aromatic nitrogens is 2. The van der Waals surface area contributed by atoms with Crippen molar-refractivity contribution in [2.45, 2.75) is 0 Å². The lowest BCUT2D eigenvalue weighted by Crippen LogP contribution is -2.50. The number of carbonyl (C=O) groups excluding carboxylic acids is 2. The molecule has 0 radical (unpaired) electrons. The molecule has 0 bridgehead atoms. The number of carbonyl (C=O) groups is 2. The molecule has 2 heterocycles. The molecule has 29 heavy (non-hydrogen) atoms. The first kappa shape index (κ1) is 20.6. The van der Waals surface area contributed by atoms with E-state index in [2.05, 4.69) is 15.3 Å². The zero-order chi connectivity index (χ0) is 20.9. The van der Waals surface area contributed by atoms with Gasteiger partial charge in [-0.1, -0.05) is 0 Å². The number of amides is 2. The number of anilines is 2. The van der Waals surface area contributed by atoms with E-state index in [9.17, 15) is 22.4 Å². The Morgan fingerprint density at radius 2 is 1.62 bits per heavy atom. The summed E-state index contributed by atoms with van der Waals surface area (Å²) in [6, 6.07) is 6.64. The van der Waals surface area contributed by atoms with Crippen molar-refractivity contribution < 1.29 is 22.4 Å².